The Kier molecular flexibility index (Phi) is 8.84. The molecule has 3 atom stereocenters. The van der Waals surface area contributed by atoms with Crippen molar-refractivity contribution in [2.75, 3.05) is 22.8 Å². The van der Waals surface area contributed by atoms with Crippen molar-refractivity contribution in [1.82, 2.24) is 34.8 Å². The summed E-state index contributed by atoms with van der Waals surface area (Å²) in [4.78, 5) is 23.4. The second kappa shape index (κ2) is 13.3. The maximum absolute atomic E-state index is 15.4. The summed E-state index contributed by atoms with van der Waals surface area (Å²) in [5.41, 5.74) is -2.64. The first-order valence-corrected chi connectivity index (χ1v) is 20.9. The number of carbonyl (C=O) groups excluding carboxylic acids is 1. The highest BCUT2D eigenvalue weighted by Crippen LogP contribution is 2.68. The summed E-state index contributed by atoms with van der Waals surface area (Å²) >= 11 is 1.19. The van der Waals surface area contributed by atoms with Crippen LogP contribution in [0.2, 0.25) is 0 Å². The Morgan fingerprint density at radius 2 is 1.80 bits per heavy atom. The second-order valence-electron chi connectivity index (χ2n) is 15.3. The predicted molar refractivity (Wildman–Crippen MR) is 201 cm³/mol. The number of aryl methyl sites for hydroxylation is 1. The van der Waals surface area contributed by atoms with Crippen molar-refractivity contribution in [3.8, 4) is 11.1 Å². The third-order valence-electron chi connectivity index (χ3n) is 10.8. The van der Waals surface area contributed by atoms with E-state index in [0.717, 1.165) is 18.4 Å². The fraction of sp³-hybridized carbons (Fsp3) is 0.378. The topological polar surface area (TPSA) is 169 Å². The number of anilines is 2. The quantitative estimate of drug-likeness (QED) is 0.102. The maximum Gasteiger partial charge on any atom is 0.435 e. The number of carbonyl (C=O) groups is 1. The van der Waals surface area contributed by atoms with Crippen molar-refractivity contribution in [2.24, 2.45) is 13.0 Å². The second-order valence-corrected chi connectivity index (χ2v) is 18.1. The van der Waals surface area contributed by atoms with Crippen molar-refractivity contribution in [2.45, 2.75) is 61.9 Å². The molecule has 0 radical (unpaired) electrons. The minimum atomic E-state index is -5.07. The van der Waals surface area contributed by atoms with Gasteiger partial charge in [0.05, 0.1) is 33.8 Å². The smallest absolute Gasteiger partial charge is 0.388 e. The zero-order chi connectivity index (χ0) is 42.0. The van der Waals surface area contributed by atoms with Crippen LogP contribution in [0.1, 0.15) is 59.4 Å². The van der Waals surface area contributed by atoms with E-state index in [4.69, 9.17) is 4.98 Å². The van der Waals surface area contributed by atoms with E-state index in [1.807, 2.05) is 0 Å². The Hall–Kier alpha value is -5.35. The fourth-order valence-electron chi connectivity index (χ4n) is 7.95. The molecule has 4 aromatic heterocycles. The molecule has 0 aliphatic heterocycles. The molecule has 13 nitrogen and oxygen atoms in total. The highest BCUT2D eigenvalue weighted by Gasteiger charge is 2.68. The molecule has 1 amide bonds. The number of halogens is 7. The number of hydrogen-bond donors (Lipinski definition) is 4. The number of fused-ring (bicyclic) bond motifs is 5. The minimum Gasteiger partial charge on any atom is -0.388 e. The molecule has 6 aromatic rings. The van der Waals surface area contributed by atoms with Gasteiger partial charge in [0.2, 0.25) is 15.9 Å². The van der Waals surface area contributed by atoms with Gasteiger partial charge in [-0.15, -0.1) is 0 Å². The Bertz CT molecular complexity index is 2810. The lowest BCUT2D eigenvalue weighted by atomic mass is 9.94. The van der Waals surface area contributed by atoms with Gasteiger partial charge in [-0.2, -0.15) is 32.1 Å². The first-order valence-electron chi connectivity index (χ1n) is 18.2. The molecule has 4 N–H and O–H groups in total. The van der Waals surface area contributed by atoms with Crippen LogP contribution in [0.3, 0.4) is 0 Å². The number of hydrogen-bond acceptors (Lipinski definition) is 10. The number of sulfonamides is 1. The molecule has 0 spiro atoms. The van der Waals surface area contributed by atoms with Crippen LogP contribution in [-0.2, 0) is 46.9 Å². The number of alkyl halides is 5. The molecule has 0 saturated heterocycles. The van der Waals surface area contributed by atoms with Gasteiger partial charge in [-0.3, -0.25) is 18.9 Å². The molecule has 59 heavy (non-hydrogen) atoms. The van der Waals surface area contributed by atoms with Gasteiger partial charge >= 0.3 is 6.18 Å². The van der Waals surface area contributed by atoms with E-state index in [2.05, 4.69) is 30.5 Å². The van der Waals surface area contributed by atoms with Crippen molar-refractivity contribution < 1.29 is 49.1 Å². The van der Waals surface area contributed by atoms with Crippen molar-refractivity contribution >= 4 is 59.5 Å². The van der Waals surface area contributed by atoms with E-state index in [9.17, 15) is 40.3 Å². The average Bonchev–Trinajstić information content (AvgIpc) is 3.93. The van der Waals surface area contributed by atoms with Crippen LogP contribution in [0.4, 0.5) is 41.7 Å². The van der Waals surface area contributed by atoms with Gasteiger partial charge < -0.3 is 15.7 Å². The van der Waals surface area contributed by atoms with E-state index < -0.39 is 86.6 Å². The van der Waals surface area contributed by atoms with Gasteiger partial charge in [-0.05, 0) is 61.4 Å². The van der Waals surface area contributed by atoms with Crippen LogP contribution in [0.15, 0.2) is 42.5 Å². The summed E-state index contributed by atoms with van der Waals surface area (Å²) < 4.78 is 132. The van der Waals surface area contributed by atoms with Gasteiger partial charge in [-0.1, -0.05) is 23.5 Å². The molecule has 2 fully saturated rings. The molecule has 310 valence electrons. The average molecular weight is 864 g/mol. The van der Waals surface area contributed by atoms with Crippen LogP contribution in [-0.4, -0.2) is 67.4 Å². The standard InChI is InChI=1S/C37H32F7N9O4S2/c1-52-29-19(4-3-5-20(29)32(50-52)51-59(2,56)57)21-13-25-33(48-34(58-25)45-15-35(55)6-7-35)47-28(21)24(10-16-8-17(38)11-18(39)9-16)46-26(54)14-53-31-27(30(49-53)37(42,43)44)22-12-23(22)36(31,40)41/h3-5,8-9,11,13,22-24,55H,6-7,10,12,14-15H2,1-2H3,(H,46,54)(H,50,51)(H,45,47,48)/t22-,23?,24-/m0/s1. The zero-order valence-electron chi connectivity index (χ0n) is 30.8. The summed E-state index contributed by atoms with van der Waals surface area (Å²) in [6.07, 6.45) is -3.42. The summed E-state index contributed by atoms with van der Waals surface area (Å²) in [6.45, 7) is -0.862. The van der Waals surface area contributed by atoms with Gasteiger partial charge in [-0.25, -0.2) is 27.2 Å². The maximum atomic E-state index is 15.4. The lowest BCUT2D eigenvalue weighted by Gasteiger charge is -2.23. The molecule has 9 rings (SSSR count). The number of aromatic nitrogens is 6. The van der Waals surface area contributed by atoms with Crippen molar-refractivity contribution in [1.29, 1.82) is 0 Å². The van der Waals surface area contributed by atoms with E-state index in [-0.39, 0.29) is 42.1 Å². The number of amides is 1. The number of pyridine rings is 1. The van der Waals surface area contributed by atoms with Gasteiger partial charge in [0.1, 0.15) is 23.9 Å². The first kappa shape index (κ1) is 39.1. The van der Waals surface area contributed by atoms with Gasteiger partial charge in [0.25, 0.3) is 5.92 Å². The number of rotatable bonds is 12. The largest absolute Gasteiger partial charge is 0.435 e. The van der Waals surface area contributed by atoms with E-state index >= 15 is 8.78 Å². The third-order valence-corrected chi connectivity index (χ3v) is 12.3. The number of benzene rings is 2. The molecule has 0 bridgehead atoms. The number of aliphatic hydroxyl groups is 1. The number of nitrogens with one attached hydrogen (secondary N) is 3. The molecule has 3 aliphatic rings. The Balaban J connectivity index is 1.18. The SMILES string of the molecule is Cn1nc(NS(C)(=O)=O)c2cccc(-c3cc4sc(NCC5(O)CC5)nc4nc3[C@H](Cc3cc(F)cc(F)c3)NC(=O)Cn3nc(C(F)(F)F)c4c3C(F)(F)C3C[C@H]43)c21. The van der Waals surface area contributed by atoms with Crippen LogP contribution >= 0.6 is 11.3 Å². The third kappa shape index (κ3) is 7.23. The first-order chi connectivity index (χ1) is 27.7. The van der Waals surface area contributed by atoms with Crippen LogP contribution in [0.25, 0.3) is 32.4 Å². The Labute approximate surface area is 333 Å². The molecular formula is C37H32F7N9O4S2. The monoisotopic (exact) mass is 863 g/mol. The van der Waals surface area contributed by atoms with Crippen LogP contribution < -0.4 is 15.4 Å². The fourth-order valence-corrected chi connectivity index (χ4v) is 9.30. The molecular weight excluding hydrogens is 832 g/mol. The van der Waals surface area contributed by atoms with E-state index in [1.165, 1.54) is 16.0 Å². The number of thiazole rings is 1. The van der Waals surface area contributed by atoms with Gasteiger partial charge in [0, 0.05) is 47.7 Å². The summed E-state index contributed by atoms with van der Waals surface area (Å²) in [5.74, 6) is -9.01. The molecule has 2 saturated carbocycles. The Morgan fingerprint density at radius 3 is 2.47 bits per heavy atom. The lowest BCUT2D eigenvalue weighted by molar-refractivity contribution is -0.142. The van der Waals surface area contributed by atoms with E-state index in [1.54, 1.807) is 31.3 Å². The van der Waals surface area contributed by atoms with Crippen molar-refractivity contribution in [3.63, 3.8) is 0 Å². The molecule has 4 heterocycles. The highest BCUT2D eigenvalue weighted by molar-refractivity contribution is 7.92. The molecule has 3 aliphatic carbocycles. The van der Waals surface area contributed by atoms with E-state index in [0.29, 0.717) is 55.5 Å². The number of nitrogens with zero attached hydrogens (tertiary/aromatic N) is 6. The Morgan fingerprint density at radius 1 is 1.07 bits per heavy atom. The predicted octanol–water partition coefficient (Wildman–Crippen LogP) is 6.36. The van der Waals surface area contributed by atoms with Gasteiger partial charge in [0.15, 0.2) is 22.3 Å². The summed E-state index contributed by atoms with van der Waals surface area (Å²) in [5, 5.41) is 24.8. The highest BCUT2D eigenvalue weighted by atomic mass is 32.2. The lowest BCUT2D eigenvalue weighted by Crippen LogP contribution is -2.35. The normalized spacial score (nSPS) is 19.4. The molecule has 2 aromatic carbocycles. The zero-order valence-corrected chi connectivity index (χ0v) is 32.5. The molecule has 22 heteroatoms. The molecule has 1 unspecified atom stereocenters. The van der Waals surface area contributed by atoms with Crippen LogP contribution in [0.5, 0.6) is 0 Å². The minimum absolute atomic E-state index is 0.00392. The van der Waals surface area contributed by atoms with Crippen LogP contribution in [0, 0.1) is 17.6 Å². The summed E-state index contributed by atoms with van der Waals surface area (Å²) in [6, 6.07) is 7.92. The van der Waals surface area contributed by atoms with Crippen molar-refractivity contribution in [3.05, 3.63) is 82.3 Å². The summed E-state index contributed by atoms with van der Waals surface area (Å²) in [7, 11) is -2.22. The number of para-hydroxylation sites is 1.